The summed E-state index contributed by atoms with van der Waals surface area (Å²) in [5.41, 5.74) is 4.56. The Kier molecular flexibility index (Phi) is 7.61. The van der Waals surface area contributed by atoms with Crippen LogP contribution in [0.2, 0.25) is 0 Å². The standard InChI is InChI=1S/C16H32N4O3/c1-12(18-8-9-19-14(17)21)11-13-7-5-6-10-20(13)15(22)23-16(2,3)4/h12-13,18H,5-11H2,1-4H3,(H3,17,19,21). The molecule has 1 heterocycles. The SMILES string of the molecule is CC(CC1CCCCN1C(=O)OC(C)(C)C)NCCNC(N)=O. The second-order valence-electron chi connectivity index (χ2n) is 7.21. The maximum absolute atomic E-state index is 12.4. The molecule has 0 spiro atoms. The molecule has 2 atom stereocenters. The minimum atomic E-state index is -0.511. The fraction of sp³-hybridized carbons (Fsp3) is 0.875. The molecule has 1 rings (SSSR count). The average molecular weight is 328 g/mol. The summed E-state index contributed by atoms with van der Waals surface area (Å²) < 4.78 is 5.52. The van der Waals surface area contributed by atoms with Gasteiger partial charge in [-0.25, -0.2) is 9.59 Å². The summed E-state index contributed by atoms with van der Waals surface area (Å²) >= 11 is 0. The molecule has 0 aliphatic carbocycles. The van der Waals surface area contributed by atoms with Gasteiger partial charge in [-0.3, -0.25) is 0 Å². The topological polar surface area (TPSA) is 96.7 Å². The molecule has 1 aliphatic heterocycles. The summed E-state index contributed by atoms with van der Waals surface area (Å²) in [5.74, 6) is 0. The molecular weight excluding hydrogens is 296 g/mol. The van der Waals surface area contributed by atoms with Gasteiger partial charge < -0.3 is 26.0 Å². The van der Waals surface area contributed by atoms with Crippen molar-refractivity contribution >= 4 is 12.1 Å². The van der Waals surface area contributed by atoms with Crippen LogP contribution >= 0.6 is 0 Å². The van der Waals surface area contributed by atoms with Gasteiger partial charge in [0.25, 0.3) is 0 Å². The zero-order chi connectivity index (χ0) is 17.5. The van der Waals surface area contributed by atoms with Gasteiger partial charge in [-0.2, -0.15) is 0 Å². The number of primary amides is 1. The second-order valence-corrected chi connectivity index (χ2v) is 7.21. The number of urea groups is 1. The van der Waals surface area contributed by atoms with Crippen LogP contribution < -0.4 is 16.4 Å². The first-order valence-electron chi connectivity index (χ1n) is 8.45. The first-order chi connectivity index (χ1) is 10.7. The normalized spacial score (nSPS) is 20.0. The molecule has 1 saturated heterocycles. The number of piperidine rings is 1. The molecular formula is C16H32N4O3. The van der Waals surface area contributed by atoms with Gasteiger partial charge in [-0.15, -0.1) is 0 Å². The maximum atomic E-state index is 12.4. The number of hydrogen-bond acceptors (Lipinski definition) is 4. The first-order valence-corrected chi connectivity index (χ1v) is 8.45. The van der Waals surface area contributed by atoms with Crippen LogP contribution in [-0.2, 0) is 4.74 Å². The Bertz CT molecular complexity index is 395. The third-order valence-electron chi connectivity index (χ3n) is 3.80. The van der Waals surface area contributed by atoms with E-state index in [4.69, 9.17) is 10.5 Å². The lowest BCUT2D eigenvalue weighted by Crippen LogP contribution is -2.48. The van der Waals surface area contributed by atoms with Crippen molar-refractivity contribution < 1.29 is 14.3 Å². The molecule has 7 heteroatoms. The predicted molar refractivity (Wildman–Crippen MR) is 90.2 cm³/mol. The van der Waals surface area contributed by atoms with Crippen molar-refractivity contribution in [3.63, 3.8) is 0 Å². The second kappa shape index (κ2) is 8.96. The van der Waals surface area contributed by atoms with Crippen LogP contribution in [0.15, 0.2) is 0 Å². The molecule has 134 valence electrons. The molecule has 0 aromatic heterocycles. The number of carbonyl (C=O) groups is 2. The van der Waals surface area contributed by atoms with Gasteiger partial charge in [0.15, 0.2) is 0 Å². The molecule has 7 nitrogen and oxygen atoms in total. The van der Waals surface area contributed by atoms with E-state index in [0.29, 0.717) is 13.1 Å². The van der Waals surface area contributed by atoms with Gasteiger partial charge in [0, 0.05) is 31.7 Å². The van der Waals surface area contributed by atoms with Crippen molar-refractivity contribution in [1.82, 2.24) is 15.5 Å². The minimum Gasteiger partial charge on any atom is -0.444 e. The molecule has 1 aliphatic rings. The number of rotatable bonds is 6. The third kappa shape index (κ3) is 8.06. The highest BCUT2D eigenvalue weighted by molar-refractivity contribution is 5.71. The summed E-state index contributed by atoms with van der Waals surface area (Å²) in [6, 6.07) is -0.0641. The molecule has 4 N–H and O–H groups in total. The lowest BCUT2D eigenvalue weighted by molar-refractivity contribution is 0.00791. The van der Waals surface area contributed by atoms with Crippen molar-refractivity contribution in [2.45, 2.75) is 71.1 Å². The quantitative estimate of drug-likeness (QED) is 0.648. The number of amides is 3. The molecule has 2 unspecified atom stereocenters. The fourth-order valence-electron chi connectivity index (χ4n) is 2.80. The third-order valence-corrected chi connectivity index (χ3v) is 3.80. The van der Waals surface area contributed by atoms with Gasteiger partial charge in [0.1, 0.15) is 5.60 Å². The largest absolute Gasteiger partial charge is 0.444 e. The highest BCUT2D eigenvalue weighted by Gasteiger charge is 2.31. The van der Waals surface area contributed by atoms with Crippen LogP contribution in [0.1, 0.15) is 53.4 Å². The average Bonchev–Trinajstić information content (AvgIpc) is 2.42. The van der Waals surface area contributed by atoms with Gasteiger partial charge in [0.05, 0.1) is 0 Å². The highest BCUT2D eigenvalue weighted by Crippen LogP contribution is 2.23. The lowest BCUT2D eigenvalue weighted by Gasteiger charge is -2.38. The Morgan fingerprint density at radius 3 is 2.61 bits per heavy atom. The van der Waals surface area contributed by atoms with Gasteiger partial charge in [-0.05, 0) is 53.4 Å². The minimum absolute atomic E-state index is 0.199. The Balaban J connectivity index is 2.44. The van der Waals surface area contributed by atoms with Crippen LogP contribution in [-0.4, -0.2) is 54.3 Å². The molecule has 0 bridgehead atoms. The molecule has 3 amide bonds. The van der Waals surface area contributed by atoms with E-state index in [9.17, 15) is 9.59 Å². The molecule has 0 saturated carbocycles. The number of nitrogens with two attached hydrogens (primary N) is 1. The number of ether oxygens (including phenoxy) is 1. The van der Waals surface area contributed by atoms with Crippen molar-refractivity contribution in [2.75, 3.05) is 19.6 Å². The lowest BCUT2D eigenvalue weighted by atomic mass is 9.97. The van der Waals surface area contributed by atoms with E-state index in [-0.39, 0.29) is 18.2 Å². The van der Waals surface area contributed by atoms with Crippen molar-refractivity contribution in [3.05, 3.63) is 0 Å². The number of likely N-dealkylation sites (tertiary alicyclic amines) is 1. The smallest absolute Gasteiger partial charge is 0.410 e. The summed E-state index contributed by atoms with van der Waals surface area (Å²) in [6.45, 7) is 9.67. The monoisotopic (exact) mass is 328 g/mol. The summed E-state index contributed by atoms with van der Waals surface area (Å²) in [7, 11) is 0. The zero-order valence-corrected chi connectivity index (χ0v) is 14.9. The zero-order valence-electron chi connectivity index (χ0n) is 14.9. The number of carbonyl (C=O) groups excluding carboxylic acids is 2. The van der Waals surface area contributed by atoms with Crippen molar-refractivity contribution in [2.24, 2.45) is 5.73 Å². The molecule has 0 aromatic carbocycles. The van der Waals surface area contributed by atoms with E-state index < -0.39 is 11.6 Å². The highest BCUT2D eigenvalue weighted by atomic mass is 16.6. The summed E-state index contributed by atoms with van der Waals surface area (Å²) in [6.07, 6.45) is 3.82. The summed E-state index contributed by atoms with van der Waals surface area (Å²) in [4.78, 5) is 24.9. The molecule has 0 radical (unpaired) electrons. The van der Waals surface area contributed by atoms with Crippen molar-refractivity contribution in [1.29, 1.82) is 0 Å². The number of nitrogens with zero attached hydrogens (tertiary/aromatic N) is 1. The van der Waals surface area contributed by atoms with E-state index in [0.717, 1.165) is 32.2 Å². The van der Waals surface area contributed by atoms with E-state index in [2.05, 4.69) is 17.6 Å². The maximum Gasteiger partial charge on any atom is 0.410 e. The van der Waals surface area contributed by atoms with Crippen LogP contribution in [0.3, 0.4) is 0 Å². The van der Waals surface area contributed by atoms with Crippen molar-refractivity contribution in [3.8, 4) is 0 Å². The van der Waals surface area contributed by atoms with Crippen LogP contribution in [0.25, 0.3) is 0 Å². The van der Waals surface area contributed by atoms with Gasteiger partial charge in [0.2, 0.25) is 0 Å². The molecule has 0 aromatic rings. The summed E-state index contributed by atoms with van der Waals surface area (Å²) in [5, 5.41) is 5.89. The van der Waals surface area contributed by atoms with Gasteiger partial charge >= 0.3 is 12.1 Å². The fourth-order valence-corrected chi connectivity index (χ4v) is 2.80. The molecule has 23 heavy (non-hydrogen) atoms. The number of nitrogens with one attached hydrogen (secondary N) is 2. The Hall–Kier alpha value is -1.50. The van der Waals surface area contributed by atoms with Crippen LogP contribution in [0, 0.1) is 0 Å². The number of hydrogen-bond donors (Lipinski definition) is 3. The Labute approximate surface area is 139 Å². The van der Waals surface area contributed by atoms with Crippen LogP contribution in [0.5, 0.6) is 0 Å². The predicted octanol–water partition coefficient (Wildman–Crippen LogP) is 1.81. The van der Waals surface area contributed by atoms with Gasteiger partial charge in [-0.1, -0.05) is 0 Å². The molecule has 1 fully saturated rings. The first kappa shape index (κ1) is 19.5. The Morgan fingerprint density at radius 1 is 1.30 bits per heavy atom. The Morgan fingerprint density at radius 2 is 2.00 bits per heavy atom. The van der Waals surface area contributed by atoms with E-state index in [1.165, 1.54) is 0 Å². The van der Waals surface area contributed by atoms with E-state index in [1.54, 1.807) is 0 Å². The van der Waals surface area contributed by atoms with E-state index >= 15 is 0 Å². The van der Waals surface area contributed by atoms with E-state index in [1.807, 2.05) is 25.7 Å². The van der Waals surface area contributed by atoms with Crippen LogP contribution in [0.4, 0.5) is 9.59 Å².